The van der Waals surface area contributed by atoms with E-state index in [9.17, 15) is 8.42 Å². The molecule has 0 unspecified atom stereocenters. The molecule has 2 aromatic rings. The Labute approximate surface area is 135 Å². The summed E-state index contributed by atoms with van der Waals surface area (Å²) >= 11 is 0. The number of rotatable bonds is 5. The molecule has 0 atom stereocenters. The van der Waals surface area contributed by atoms with Gasteiger partial charge in [0, 0.05) is 19.3 Å². The molecule has 1 saturated heterocycles. The van der Waals surface area contributed by atoms with Crippen LogP contribution in [0.25, 0.3) is 0 Å². The van der Waals surface area contributed by atoms with Crippen LogP contribution in [-0.4, -0.2) is 44.7 Å². The molecule has 8 heteroatoms. The van der Waals surface area contributed by atoms with Crippen molar-refractivity contribution in [3.05, 3.63) is 48.3 Å². The number of sulfonamides is 1. The number of aromatic nitrogens is 2. The largest absolute Gasteiger partial charge is 0.378 e. The lowest BCUT2D eigenvalue weighted by Crippen LogP contribution is -2.37. The third-order valence-corrected chi connectivity index (χ3v) is 4.91. The van der Waals surface area contributed by atoms with Crippen LogP contribution in [0.15, 0.2) is 47.5 Å². The lowest BCUT2D eigenvalue weighted by Gasteiger charge is -2.26. The number of nitrogens with one attached hydrogen (secondary N) is 1. The SMILES string of the molecule is O=S(=O)(NCc1ccnc(N2CCOCC2)n1)c1ccccc1. The van der Waals surface area contributed by atoms with Crippen molar-refractivity contribution in [3.8, 4) is 0 Å². The Kier molecular flexibility index (Phi) is 4.85. The normalized spacial score (nSPS) is 15.6. The van der Waals surface area contributed by atoms with Gasteiger partial charge in [0.2, 0.25) is 16.0 Å². The molecule has 0 amide bonds. The number of ether oxygens (including phenoxy) is 1. The standard InChI is InChI=1S/C15H18N4O3S/c20-23(21,14-4-2-1-3-5-14)17-12-13-6-7-16-15(18-13)19-8-10-22-11-9-19/h1-7,17H,8-12H2. The van der Waals surface area contributed by atoms with Gasteiger partial charge in [0.25, 0.3) is 0 Å². The Bertz CT molecular complexity index is 746. The summed E-state index contributed by atoms with van der Waals surface area (Å²) in [5.41, 5.74) is 0.626. The summed E-state index contributed by atoms with van der Waals surface area (Å²) in [6.45, 7) is 2.89. The number of morpholine rings is 1. The maximum atomic E-state index is 12.2. The number of hydrogen-bond acceptors (Lipinski definition) is 6. The summed E-state index contributed by atoms with van der Waals surface area (Å²) in [5, 5.41) is 0. The van der Waals surface area contributed by atoms with Crippen molar-refractivity contribution < 1.29 is 13.2 Å². The topological polar surface area (TPSA) is 84.4 Å². The summed E-state index contributed by atoms with van der Waals surface area (Å²) in [6.07, 6.45) is 1.64. The fourth-order valence-corrected chi connectivity index (χ4v) is 3.27. The highest BCUT2D eigenvalue weighted by Crippen LogP contribution is 2.11. The van der Waals surface area contributed by atoms with Gasteiger partial charge in [-0.1, -0.05) is 18.2 Å². The van der Waals surface area contributed by atoms with Gasteiger partial charge in [-0.3, -0.25) is 0 Å². The minimum Gasteiger partial charge on any atom is -0.378 e. The van der Waals surface area contributed by atoms with Crippen molar-refractivity contribution in [3.63, 3.8) is 0 Å². The average Bonchev–Trinajstić information content (AvgIpc) is 2.62. The molecule has 1 aromatic heterocycles. The van der Waals surface area contributed by atoms with Gasteiger partial charge in [-0.15, -0.1) is 0 Å². The smallest absolute Gasteiger partial charge is 0.240 e. The molecule has 1 aliphatic heterocycles. The van der Waals surface area contributed by atoms with E-state index in [0.717, 1.165) is 13.1 Å². The van der Waals surface area contributed by atoms with Gasteiger partial charge in [-0.25, -0.2) is 23.1 Å². The van der Waals surface area contributed by atoms with Gasteiger partial charge in [-0.2, -0.15) is 0 Å². The predicted molar refractivity (Wildman–Crippen MR) is 85.5 cm³/mol. The van der Waals surface area contributed by atoms with E-state index in [4.69, 9.17) is 4.74 Å². The van der Waals surface area contributed by atoms with Gasteiger partial charge in [0.1, 0.15) is 0 Å². The van der Waals surface area contributed by atoms with Crippen molar-refractivity contribution in [1.82, 2.24) is 14.7 Å². The summed E-state index contributed by atoms with van der Waals surface area (Å²) in [5.74, 6) is 0.602. The van der Waals surface area contributed by atoms with E-state index in [2.05, 4.69) is 14.7 Å². The first-order valence-electron chi connectivity index (χ1n) is 7.34. The van der Waals surface area contributed by atoms with E-state index in [-0.39, 0.29) is 11.4 Å². The van der Waals surface area contributed by atoms with E-state index in [1.165, 1.54) is 0 Å². The third-order valence-electron chi connectivity index (χ3n) is 3.49. The van der Waals surface area contributed by atoms with Crippen LogP contribution < -0.4 is 9.62 Å². The van der Waals surface area contributed by atoms with Crippen molar-refractivity contribution in [2.75, 3.05) is 31.2 Å². The molecular weight excluding hydrogens is 316 g/mol. The van der Waals surface area contributed by atoms with Gasteiger partial charge in [0.15, 0.2) is 0 Å². The van der Waals surface area contributed by atoms with Crippen molar-refractivity contribution in [2.24, 2.45) is 0 Å². The number of nitrogens with zero attached hydrogens (tertiary/aromatic N) is 3. The molecule has 0 bridgehead atoms. The molecule has 1 aliphatic rings. The third kappa shape index (κ3) is 4.04. The Hall–Kier alpha value is -2.03. The molecule has 1 N–H and O–H groups in total. The highest BCUT2D eigenvalue weighted by atomic mass is 32.2. The second-order valence-corrected chi connectivity index (χ2v) is 6.85. The molecule has 0 saturated carbocycles. The van der Waals surface area contributed by atoms with Crippen LogP contribution in [0.3, 0.4) is 0 Å². The minimum absolute atomic E-state index is 0.122. The van der Waals surface area contributed by atoms with Gasteiger partial charge >= 0.3 is 0 Å². The summed E-state index contributed by atoms with van der Waals surface area (Å²) < 4.78 is 32.3. The van der Waals surface area contributed by atoms with E-state index in [1.54, 1.807) is 42.6 Å². The maximum absolute atomic E-state index is 12.2. The Morgan fingerprint density at radius 1 is 1.13 bits per heavy atom. The Balaban J connectivity index is 1.69. The zero-order chi connectivity index (χ0) is 16.1. The number of anilines is 1. The maximum Gasteiger partial charge on any atom is 0.240 e. The molecule has 23 heavy (non-hydrogen) atoms. The molecule has 7 nitrogen and oxygen atoms in total. The quantitative estimate of drug-likeness (QED) is 0.870. The zero-order valence-electron chi connectivity index (χ0n) is 12.6. The molecular formula is C15H18N4O3S. The van der Waals surface area contributed by atoms with Gasteiger partial charge in [0.05, 0.1) is 30.3 Å². The van der Waals surface area contributed by atoms with Crippen LogP contribution in [0.1, 0.15) is 5.69 Å². The van der Waals surface area contributed by atoms with E-state index in [0.29, 0.717) is 24.9 Å². The van der Waals surface area contributed by atoms with Crippen LogP contribution in [0.5, 0.6) is 0 Å². The van der Waals surface area contributed by atoms with Gasteiger partial charge < -0.3 is 9.64 Å². The van der Waals surface area contributed by atoms with Crippen LogP contribution in [-0.2, 0) is 21.3 Å². The molecule has 0 spiro atoms. The van der Waals surface area contributed by atoms with Crippen LogP contribution >= 0.6 is 0 Å². The second-order valence-electron chi connectivity index (χ2n) is 5.09. The molecule has 0 radical (unpaired) electrons. The molecule has 1 fully saturated rings. The molecule has 1 aromatic carbocycles. The molecule has 2 heterocycles. The van der Waals surface area contributed by atoms with Crippen LogP contribution in [0.4, 0.5) is 5.95 Å². The molecule has 3 rings (SSSR count). The first-order chi connectivity index (χ1) is 11.1. The highest BCUT2D eigenvalue weighted by Gasteiger charge is 2.16. The van der Waals surface area contributed by atoms with Crippen molar-refractivity contribution in [2.45, 2.75) is 11.4 Å². The predicted octanol–water partition coefficient (Wildman–Crippen LogP) is 0.792. The summed E-state index contributed by atoms with van der Waals surface area (Å²) in [7, 11) is -3.54. The lowest BCUT2D eigenvalue weighted by molar-refractivity contribution is 0.122. The van der Waals surface area contributed by atoms with E-state index in [1.807, 2.05) is 4.90 Å². The molecule has 122 valence electrons. The molecule has 0 aliphatic carbocycles. The second kappa shape index (κ2) is 7.03. The number of hydrogen-bond donors (Lipinski definition) is 1. The lowest BCUT2D eigenvalue weighted by atomic mass is 10.4. The fraction of sp³-hybridized carbons (Fsp3) is 0.333. The van der Waals surface area contributed by atoms with Crippen molar-refractivity contribution >= 4 is 16.0 Å². The monoisotopic (exact) mass is 334 g/mol. The Morgan fingerprint density at radius 2 is 1.87 bits per heavy atom. The van der Waals surface area contributed by atoms with E-state index < -0.39 is 10.0 Å². The Morgan fingerprint density at radius 3 is 2.61 bits per heavy atom. The minimum atomic E-state index is -3.54. The van der Waals surface area contributed by atoms with Gasteiger partial charge in [-0.05, 0) is 18.2 Å². The summed E-state index contributed by atoms with van der Waals surface area (Å²) in [4.78, 5) is 10.9. The van der Waals surface area contributed by atoms with Crippen molar-refractivity contribution in [1.29, 1.82) is 0 Å². The number of benzene rings is 1. The first-order valence-corrected chi connectivity index (χ1v) is 8.83. The fourth-order valence-electron chi connectivity index (χ4n) is 2.25. The van der Waals surface area contributed by atoms with E-state index >= 15 is 0 Å². The average molecular weight is 334 g/mol. The van der Waals surface area contributed by atoms with Crippen LogP contribution in [0, 0.1) is 0 Å². The first kappa shape index (κ1) is 15.9. The highest BCUT2D eigenvalue weighted by molar-refractivity contribution is 7.89. The summed E-state index contributed by atoms with van der Waals surface area (Å²) in [6, 6.07) is 9.98. The van der Waals surface area contributed by atoms with Crippen LogP contribution in [0.2, 0.25) is 0 Å². The zero-order valence-corrected chi connectivity index (χ0v) is 13.4.